The van der Waals surface area contributed by atoms with E-state index in [1.807, 2.05) is 4.90 Å². The number of hydrogen-bond donors (Lipinski definition) is 2. The van der Waals surface area contributed by atoms with Gasteiger partial charge >= 0.3 is 0 Å². The maximum absolute atomic E-state index is 13.6. The standard InChI is InChI=1S/C23H24F3N5O2/c24-16-2-1-15(19(10-16)22(28)32)12-31-23(33)20-13-29(5-3-21(20)30(31)6-4-27)11-14-7-17(25)9-18(26)8-14/h1-2,7-10H,3-6,11-13,27H2,(H2,28,32). The Balaban J connectivity index is 1.67. The molecule has 33 heavy (non-hydrogen) atoms. The van der Waals surface area contributed by atoms with Gasteiger partial charge in [-0.15, -0.1) is 0 Å². The second-order valence-corrected chi connectivity index (χ2v) is 8.10. The first-order chi connectivity index (χ1) is 15.8. The first-order valence-electron chi connectivity index (χ1n) is 10.5. The molecule has 1 aliphatic rings. The monoisotopic (exact) mass is 459 g/mol. The van der Waals surface area contributed by atoms with Crippen LogP contribution in [0.2, 0.25) is 0 Å². The summed E-state index contributed by atoms with van der Waals surface area (Å²) in [5.41, 5.74) is 13.2. The van der Waals surface area contributed by atoms with Gasteiger partial charge in [0.05, 0.1) is 18.7 Å². The third kappa shape index (κ3) is 4.71. The molecule has 174 valence electrons. The molecule has 0 atom stereocenters. The highest BCUT2D eigenvalue weighted by Gasteiger charge is 2.27. The van der Waals surface area contributed by atoms with Crippen LogP contribution in [0, 0.1) is 17.5 Å². The maximum atomic E-state index is 13.6. The molecule has 1 amide bonds. The molecule has 0 saturated carbocycles. The van der Waals surface area contributed by atoms with Gasteiger partial charge in [0.1, 0.15) is 17.5 Å². The third-order valence-corrected chi connectivity index (χ3v) is 5.82. The van der Waals surface area contributed by atoms with Crippen LogP contribution in [0.5, 0.6) is 0 Å². The summed E-state index contributed by atoms with van der Waals surface area (Å²) < 4.78 is 44.0. The molecule has 4 N–H and O–H groups in total. The number of primary amides is 1. The molecular formula is C23H24F3N5O2. The Morgan fingerprint density at radius 3 is 2.36 bits per heavy atom. The van der Waals surface area contributed by atoms with E-state index in [1.54, 1.807) is 4.68 Å². The summed E-state index contributed by atoms with van der Waals surface area (Å²) in [5.74, 6) is -2.68. The number of rotatable bonds is 7. The quantitative estimate of drug-likeness (QED) is 0.562. The second-order valence-electron chi connectivity index (χ2n) is 8.10. The van der Waals surface area contributed by atoms with Gasteiger partial charge in [-0.3, -0.25) is 19.2 Å². The lowest BCUT2D eigenvalue weighted by molar-refractivity contribution is 0.0998. The van der Waals surface area contributed by atoms with Crippen molar-refractivity contribution in [2.45, 2.75) is 32.6 Å². The Hall–Kier alpha value is -3.37. The number of halogens is 3. The summed E-state index contributed by atoms with van der Waals surface area (Å²) in [6.45, 7) is 1.88. The van der Waals surface area contributed by atoms with Gasteiger partial charge in [0.25, 0.3) is 5.56 Å². The lowest BCUT2D eigenvalue weighted by atomic mass is 10.1. The molecule has 10 heteroatoms. The zero-order chi connectivity index (χ0) is 23.7. The zero-order valence-electron chi connectivity index (χ0n) is 17.9. The van der Waals surface area contributed by atoms with Gasteiger partial charge in [0.2, 0.25) is 5.91 Å². The molecule has 4 rings (SSSR count). The number of carbonyl (C=O) groups excluding carboxylic acids is 1. The fourth-order valence-electron chi connectivity index (χ4n) is 4.40. The van der Waals surface area contributed by atoms with Crippen molar-refractivity contribution < 1.29 is 18.0 Å². The van der Waals surface area contributed by atoms with E-state index in [2.05, 4.69) is 0 Å². The van der Waals surface area contributed by atoms with Crippen molar-refractivity contribution in [3.05, 3.63) is 92.2 Å². The topological polar surface area (TPSA) is 99.3 Å². The van der Waals surface area contributed by atoms with Crippen molar-refractivity contribution in [1.82, 2.24) is 14.3 Å². The van der Waals surface area contributed by atoms with Crippen molar-refractivity contribution in [3.63, 3.8) is 0 Å². The third-order valence-electron chi connectivity index (χ3n) is 5.82. The summed E-state index contributed by atoms with van der Waals surface area (Å²) in [4.78, 5) is 27.1. The highest BCUT2D eigenvalue weighted by atomic mass is 19.1. The van der Waals surface area contributed by atoms with Crippen molar-refractivity contribution in [3.8, 4) is 0 Å². The summed E-state index contributed by atoms with van der Waals surface area (Å²) >= 11 is 0. The predicted molar refractivity (Wildman–Crippen MR) is 116 cm³/mol. The molecule has 0 unspecified atom stereocenters. The molecule has 1 aromatic heterocycles. The molecule has 7 nitrogen and oxygen atoms in total. The van der Waals surface area contributed by atoms with Crippen LogP contribution >= 0.6 is 0 Å². The molecular weight excluding hydrogens is 435 g/mol. The van der Waals surface area contributed by atoms with Crippen molar-refractivity contribution >= 4 is 5.91 Å². The Morgan fingerprint density at radius 1 is 0.970 bits per heavy atom. The Kier molecular flexibility index (Phi) is 6.39. The Labute approximate surface area is 188 Å². The highest BCUT2D eigenvalue weighted by molar-refractivity contribution is 5.94. The van der Waals surface area contributed by atoms with Gasteiger partial charge < -0.3 is 11.5 Å². The fraction of sp³-hybridized carbons (Fsp3) is 0.304. The molecule has 0 bridgehead atoms. The summed E-state index contributed by atoms with van der Waals surface area (Å²) in [5, 5.41) is 0. The molecule has 0 aliphatic carbocycles. The summed E-state index contributed by atoms with van der Waals surface area (Å²) in [6.07, 6.45) is 0.543. The lowest BCUT2D eigenvalue weighted by Crippen LogP contribution is -2.32. The first kappa shape index (κ1) is 22.8. The largest absolute Gasteiger partial charge is 0.366 e. The van der Waals surface area contributed by atoms with Crippen molar-refractivity contribution in [2.75, 3.05) is 13.1 Å². The minimum Gasteiger partial charge on any atom is -0.366 e. The molecule has 0 spiro atoms. The maximum Gasteiger partial charge on any atom is 0.271 e. The molecule has 2 aromatic carbocycles. The van der Waals surface area contributed by atoms with E-state index in [1.165, 1.54) is 28.9 Å². The van der Waals surface area contributed by atoms with E-state index >= 15 is 0 Å². The zero-order valence-corrected chi connectivity index (χ0v) is 17.9. The SMILES string of the molecule is NCCn1c2c(c(=O)n1Cc1ccc(F)cc1C(N)=O)CN(Cc1cc(F)cc(F)c1)CC2. The van der Waals surface area contributed by atoms with Crippen LogP contribution in [0.1, 0.15) is 32.7 Å². The van der Waals surface area contributed by atoms with E-state index < -0.39 is 23.4 Å². The van der Waals surface area contributed by atoms with Crippen LogP contribution < -0.4 is 17.0 Å². The average Bonchev–Trinajstić information content (AvgIpc) is 3.00. The van der Waals surface area contributed by atoms with Crippen LogP contribution in [0.4, 0.5) is 13.2 Å². The van der Waals surface area contributed by atoms with E-state index in [0.29, 0.717) is 55.8 Å². The average molecular weight is 459 g/mol. The number of fused-ring (bicyclic) bond motifs is 1. The van der Waals surface area contributed by atoms with Gasteiger partial charge in [0.15, 0.2) is 0 Å². The summed E-state index contributed by atoms with van der Waals surface area (Å²) in [6, 6.07) is 7.07. The molecule has 2 heterocycles. The number of hydrogen-bond acceptors (Lipinski definition) is 4. The molecule has 3 aromatic rings. The number of amides is 1. The van der Waals surface area contributed by atoms with Gasteiger partial charge in [-0.2, -0.15) is 0 Å². The molecule has 0 radical (unpaired) electrons. The lowest BCUT2D eigenvalue weighted by Gasteiger charge is -2.27. The number of aromatic nitrogens is 2. The predicted octanol–water partition coefficient (Wildman–Crippen LogP) is 1.73. The molecule has 1 aliphatic heterocycles. The van der Waals surface area contributed by atoms with Crippen LogP contribution in [0.25, 0.3) is 0 Å². The van der Waals surface area contributed by atoms with Crippen LogP contribution in [-0.4, -0.2) is 33.3 Å². The highest BCUT2D eigenvalue weighted by Crippen LogP contribution is 2.21. The van der Waals surface area contributed by atoms with Gasteiger partial charge in [-0.05, 0) is 35.4 Å². The minimum atomic E-state index is -0.784. The Morgan fingerprint density at radius 2 is 1.70 bits per heavy atom. The normalized spacial score (nSPS) is 13.8. The van der Waals surface area contributed by atoms with Crippen molar-refractivity contribution in [1.29, 1.82) is 0 Å². The van der Waals surface area contributed by atoms with Crippen molar-refractivity contribution in [2.24, 2.45) is 11.5 Å². The van der Waals surface area contributed by atoms with Crippen LogP contribution in [0.15, 0.2) is 41.2 Å². The number of carbonyl (C=O) groups is 1. The van der Waals surface area contributed by atoms with Crippen LogP contribution in [0.3, 0.4) is 0 Å². The van der Waals surface area contributed by atoms with Crippen LogP contribution in [-0.2, 0) is 32.6 Å². The van der Waals surface area contributed by atoms with Gasteiger partial charge in [-0.1, -0.05) is 6.07 Å². The van der Waals surface area contributed by atoms with Gasteiger partial charge in [-0.25, -0.2) is 17.9 Å². The molecule has 0 fully saturated rings. The van der Waals surface area contributed by atoms with E-state index in [4.69, 9.17) is 11.5 Å². The smallest absolute Gasteiger partial charge is 0.271 e. The molecule has 0 saturated heterocycles. The minimum absolute atomic E-state index is 0.00938. The second kappa shape index (κ2) is 9.24. The first-order valence-corrected chi connectivity index (χ1v) is 10.5. The number of nitrogens with two attached hydrogens (primary N) is 2. The number of benzene rings is 2. The van der Waals surface area contributed by atoms with E-state index in [9.17, 15) is 22.8 Å². The summed E-state index contributed by atoms with van der Waals surface area (Å²) in [7, 11) is 0. The Bertz CT molecular complexity index is 1250. The van der Waals surface area contributed by atoms with Gasteiger partial charge in [0, 0.05) is 49.9 Å². The number of nitrogens with zero attached hydrogens (tertiary/aromatic N) is 3. The van der Waals surface area contributed by atoms with E-state index in [0.717, 1.165) is 17.8 Å². The van der Waals surface area contributed by atoms with E-state index in [-0.39, 0.29) is 17.7 Å². The fourth-order valence-corrected chi connectivity index (χ4v) is 4.40.